The van der Waals surface area contributed by atoms with Gasteiger partial charge < -0.3 is 4.74 Å². The standard InChI is InChI=1S/C6H8F3N3O2.CH4/c1-11-4(10-12(2)5(11)13)14-3-6(7,8)9;/h3H2,1-2H3;1H4. The van der Waals surface area contributed by atoms with Crippen molar-refractivity contribution in [1.82, 2.24) is 14.3 Å². The summed E-state index contributed by atoms with van der Waals surface area (Å²) < 4.78 is 41.3. The lowest BCUT2D eigenvalue weighted by Crippen LogP contribution is -2.22. The van der Waals surface area contributed by atoms with E-state index in [-0.39, 0.29) is 13.4 Å². The van der Waals surface area contributed by atoms with Crippen LogP contribution in [0.2, 0.25) is 0 Å². The minimum absolute atomic E-state index is 0. The minimum atomic E-state index is -4.44. The molecule has 1 aromatic rings. The van der Waals surface area contributed by atoms with Gasteiger partial charge in [-0.1, -0.05) is 7.43 Å². The molecule has 0 fully saturated rings. The molecule has 0 N–H and O–H groups in total. The fourth-order valence-corrected chi connectivity index (χ4v) is 0.809. The van der Waals surface area contributed by atoms with Crippen molar-refractivity contribution < 1.29 is 17.9 Å². The van der Waals surface area contributed by atoms with Crippen LogP contribution in [0, 0.1) is 0 Å². The first-order valence-corrected chi connectivity index (χ1v) is 3.61. The molecule has 1 heterocycles. The molecule has 0 amide bonds. The van der Waals surface area contributed by atoms with Gasteiger partial charge in [0.1, 0.15) is 0 Å². The number of rotatable bonds is 2. The molecule has 1 rings (SSSR count). The number of hydrogen-bond donors (Lipinski definition) is 0. The van der Waals surface area contributed by atoms with Gasteiger partial charge in [0.15, 0.2) is 6.61 Å². The zero-order chi connectivity index (χ0) is 10.9. The van der Waals surface area contributed by atoms with Crippen molar-refractivity contribution >= 4 is 0 Å². The smallest absolute Gasteiger partial charge is 0.422 e. The van der Waals surface area contributed by atoms with Crippen molar-refractivity contribution in [3.63, 3.8) is 0 Å². The van der Waals surface area contributed by atoms with E-state index in [0.717, 1.165) is 9.25 Å². The van der Waals surface area contributed by atoms with Crippen molar-refractivity contribution in [2.24, 2.45) is 14.1 Å². The lowest BCUT2D eigenvalue weighted by atomic mass is 10.7. The van der Waals surface area contributed by atoms with Crippen molar-refractivity contribution in [1.29, 1.82) is 0 Å². The summed E-state index contributed by atoms with van der Waals surface area (Å²) in [4.78, 5) is 11.0. The molecule has 0 aromatic carbocycles. The molecular formula is C7H12F3N3O2. The Kier molecular flexibility index (Phi) is 3.94. The maximum Gasteiger partial charge on any atom is 0.422 e. The molecule has 8 heteroatoms. The van der Waals surface area contributed by atoms with Crippen molar-refractivity contribution in [2.75, 3.05) is 6.61 Å². The van der Waals surface area contributed by atoms with E-state index in [1.807, 2.05) is 0 Å². The first-order valence-electron chi connectivity index (χ1n) is 3.61. The molecule has 15 heavy (non-hydrogen) atoms. The Morgan fingerprint density at radius 1 is 1.40 bits per heavy atom. The number of nitrogens with zero attached hydrogens (tertiary/aromatic N) is 3. The monoisotopic (exact) mass is 227 g/mol. The van der Waals surface area contributed by atoms with Crippen LogP contribution in [0.5, 0.6) is 6.01 Å². The highest BCUT2D eigenvalue weighted by molar-refractivity contribution is 4.92. The van der Waals surface area contributed by atoms with E-state index < -0.39 is 18.5 Å². The molecule has 0 aliphatic rings. The maximum absolute atomic E-state index is 11.7. The Labute approximate surface area is 84.1 Å². The van der Waals surface area contributed by atoms with Crippen LogP contribution < -0.4 is 10.4 Å². The molecule has 0 aliphatic heterocycles. The van der Waals surface area contributed by atoms with Gasteiger partial charge in [0.25, 0.3) is 0 Å². The van der Waals surface area contributed by atoms with Gasteiger partial charge in [-0.25, -0.2) is 14.0 Å². The van der Waals surface area contributed by atoms with Gasteiger partial charge in [-0.15, -0.1) is 5.10 Å². The van der Waals surface area contributed by atoms with Gasteiger partial charge in [0.05, 0.1) is 0 Å². The van der Waals surface area contributed by atoms with E-state index >= 15 is 0 Å². The summed E-state index contributed by atoms with van der Waals surface area (Å²) in [6, 6.07) is -0.352. The predicted molar refractivity (Wildman–Crippen MR) is 46.7 cm³/mol. The largest absolute Gasteiger partial charge is 0.454 e. The summed E-state index contributed by atoms with van der Waals surface area (Å²) in [6.07, 6.45) is -4.44. The zero-order valence-electron chi connectivity index (χ0n) is 7.50. The topological polar surface area (TPSA) is 49.0 Å². The van der Waals surface area contributed by atoms with Crippen LogP contribution in [-0.2, 0) is 14.1 Å². The van der Waals surface area contributed by atoms with E-state index in [4.69, 9.17) is 0 Å². The molecule has 88 valence electrons. The normalized spacial score (nSPS) is 11.0. The molecule has 0 aliphatic carbocycles. The molecular weight excluding hydrogens is 215 g/mol. The Morgan fingerprint density at radius 2 is 1.93 bits per heavy atom. The van der Waals surface area contributed by atoms with Gasteiger partial charge in [-0.2, -0.15) is 13.2 Å². The third-order valence-electron chi connectivity index (χ3n) is 1.45. The minimum Gasteiger partial charge on any atom is -0.454 e. The number of alkyl halides is 3. The maximum atomic E-state index is 11.7. The van der Waals surface area contributed by atoms with Crippen molar-refractivity contribution in [2.45, 2.75) is 13.6 Å². The molecule has 0 unspecified atom stereocenters. The summed E-state index contributed by atoms with van der Waals surface area (Å²) in [5.41, 5.74) is -0.540. The second kappa shape index (κ2) is 4.37. The highest BCUT2D eigenvalue weighted by Crippen LogP contribution is 2.15. The Hall–Kier alpha value is -1.47. The quantitative estimate of drug-likeness (QED) is 0.747. The Morgan fingerprint density at radius 3 is 2.27 bits per heavy atom. The fraction of sp³-hybridized carbons (Fsp3) is 0.714. The number of hydrogen-bond acceptors (Lipinski definition) is 3. The highest BCUT2D eigenvalue weighted by Gasteiger charge is 2.29. The van der Waals surface area contributed by atoms with E-state index in [1.54, 1.807) is 0 Å². The molecule has 0 atom stereocenters. The Balaban J connectivity index is 0.00000196. The fourth-order valence-electron chi connectivity index (χ4n) is 0.809. The molecule has 0 spiro atoms. The third-order valence-corrected chi connectivity index (χ3v) is 1.45. The van der Waals surface area contributed by atoms with Gasteiger partial charge in [-0.05, 0) is 0 Å². The SMILES string of the molecule is C.Cn1nc(OCC(F)(F)F)n(C)c1=O. The van der Waals surface area contributed by atoms with Gasteiger partial charge in [0, 0.05) is 14.1 Å². The third kappa shape index (κ3) is 3.30. The number of aromatic nitrogens is 3. The van der Waals surface area contributed by atoms with Gasteiger partial charge in [-0.3, -0.25) is 0 Å². The van der Waals surface area contributed by atoms with Crippen molar-refractivity contribution in [3.8, 4) is 6.01 Å². The van der Waals surface area contributed by atoms with E-state index in [0.29, 0.717) is 0 Å². The number of halogens is 3. The van der Waals surface area contributed by atoms with E-state index in [9.17, 15) is 18.0 Å². The number of aryl methyl sites for hydroxylation is 1. The molecule has 0 bridgehead atoms. The molecule has 1 aromatic heterocycles. The first-order chi connectivity index (χ1) is 6.31. The van der Waals surface area contributed by atoms with E-state index in [2.05, 4.69) is 9.84 Å². The van der Waals surface area contributed by atoms with Crippen LogP contribution in [0.3, 0.4) is 0 Å². The van der Waals surface area contributed by atoms with E-state index in [1.165, 1.54) is 14.1 Å². The van der Waals surface area contributed by atoms with Crippen LogP contribution in [-0.4, -0.2) is 27.1 Å². The Bertz CT molecular complexity index is 380. The summed E-state index contributed by atoms with van der Waals surface area (Å²) in [6.45, 7) is -1.46. The second-order valence-corrected chi connectivity index (χ2v) is 2.65. The first kappa shape index (κ1) is 13.5. The average Bonchev–Trinajstić information content (AvgIpc) is 2.28. The van der Waals surface area contributed by atoms with Crippen LogP contribution in [0.15, 0.2) is 4.79 Å². The summed E-state index contributed by atoms with van der Waals surface area (Å²) in [5, 5.41) is 3.46. The zero-order valence-corrected chi connectivity index (χ0v) is 7.50. The molecule has 0 saturated heterocycles. The molecule has 5 nitrogen and oxygen atoms in total. The van der Waals surface area contributed by atoms with Gasteiger partial charge >= 0.3 is 17.9 Å². The summed E-state index contributed by atoms with van der Waals surface area (Å²) >= 11 is 0. The van der Waals surface area contributed by atoms with Crippen LogP contribution in [0.25, 0.3) is 0 Å². The molecule has 0 saturated carbocycles. The van der Waals surface area contributed by atoms with Crippen LogP contribution in [0.1, 0.15) is 7.43 Å². The molecule has 0 radical (unpaired) electrons. The average molecular weight is 227 g/mol. The lowest BCUT2D eigenvalue weighted by molar-refractivity contribution is -0.155. The lowest BCUT2D eigenvalue weighted by Gasteiger charge is -2.06. The highest BCUT2D eigenvalue weighted by atomic mass is 19.4. The number of ether oxygens (including phenoxy) is 1. The summed E-state index contributed by atoms with van der Waals surface area (Å²) in [7, 11) is 2.60. The van der Waals surface area contributed by atoms with Crippen molar-refractivity contribution in [3.05, 3.63) is 10.5 Å². The summed E-state index contributed by atoms with van der Waals surface area (Å²) in [5.74, 6) is 0. The predicted octanol–water partition coefficient (Wildman–Crippen LogP) is 0.696. The van der Waals surface area contributed by atoms with Crippen LogP contribution >= 0.6 is 0 Å². The van der Waals surface area contributed by atoms with Crippen LogP contribution in [0.4, 0.5) is 13.2 Å². The van der Waals surface area contributed by atoms with Gasteiger partial charge in [0.2, 0.25) is 0 Å². The second-order valence-electron chi connectivity index (χ2n) is 2.65.